The first kappa shape index (κ1) is 18.8. The van der Waals surface area contributed by atoms with E-state index in [1.165, 1.54) is 11.8 Å². The van der Waals surface area contributed by atoms with Crippen LogP contribution in [0.1, 0.15) is 13.8 Å². The van der Waals surface area contributed by atoms with Gasteiger partial charge in [-0.15, -0.1) is 10.2 Å². The predicted molar refractivity (Wildman–Crippen MR) is 95.2 cm³/mol. The summed E-state index contributed by atoms with van der Waals surface area (Å²) in [6, 6.07) is 6.61. The zero-order valence-corrected chi connectivity index (χ0v) is 15.3. The lowest BCUT2D eigenvalue weighted by molar-refractivity contribution is -0.120. The van der Waals surface area contributed by atoms with E-state index in [4.69, 9.17) is 10.5 Å². The molecule has 1 aromatic carbocycles. The van der Waals surface area contributed by atoms with Crippen molar-refractivity contribution in [2.75, 3.05) is 7.11 Å². The summed E-state index contributed by atoms with van der Waals surface area (Å²) in [7, 11) is 3.40. The Morgan fingerprint density at radius 2 is 1.96 bits per heavy atom. The van der Waals surface area contributed by atoms with Crippen molar-refractivity contribution in [1.82, 2.24) is 20.1 Å². The van der Waals surface area contributed by atoms with E-state index in [2.05, 4.69) is 15.5 Å². The van der Waals surface area contributed by atoms with Gasteiger partial charge >= 0.3 is 6.03 Å². The quantitative estimate of drug-likeness (QED) is 0.757. The number of carbonyl (C=O) groups excluding carboxylic acids is 2. The van der Waals surface area contributed by atoms with Gasteiger partial charge in [0.05, 0.1) is 17.9 Å². The third-order valence-corrected chi connectivity index (χ3v) is 5.10. The van der Waals surface area contributed by atoms with E-state index in [1.54, 1.807) is 11.7 Å². The summed E-state index contributed by atoms with van der Waals surface area (Å²) in [6.45, 7) is 3.77. The van der Waals surface area contributed by atoms with Crippen LogP contribution in [0.3, 0.4) is 0 Å². The largest absolute Gasteiger partial charge is 0.496 e. The fourth-order valence-corrected chi connectivity index (χ4v) is 3.28. The average molecular weight is 363 g/mol. The van der Waals surface area contributed by atoms with E-state index in [1.807, 2.05) is 45.2 Å². The molecule has 0 radical (unpaired) electrons. The molecule has 2 rings (SSSR count). The molecule has 0 saturated carbocycles. The van der Waals surface area contributed by atoms with Gasteiger partial charge in [0.2, 0.25) is 5.91 Å². The molecule has 0 fully saturated rings. The monoisotopic (exact) mass is 363 g/mol. The van der Waals surface area contributed by atoms with Crippen LogP contribution in [0, 0.1) is 5.92 Å². The van der Waals surface area contributed by atoms with Gasteiger partial charge in [0.1, 0.15) is 5.75 Å². The summed E-state index contributed by atoms with van der Waals surface area (Å²) in [5.74, 6) is 0.823. The normalized spacial score (nSPS) is 12.0. The number of imide groups is 1. The maximum Gasteiger partial charge on any atom is 0.318 e. The molecule has 0 bridgehead atoms. The second-order valence-electron chi connectivity index (χ2n) is 5.70. The number of hydrogen-bond acceptors (Lipinski definition) is 6. The van der Waals surface area contributed by atoms with Gasteiger partial charge < -0.3 is 15.0 Å². The predicted octanol–water partition coefficient (Wildman–Crippen LogP) is 1.80. The Morgan fingerprint density at radius 1 is 1.28 bits per heavy atom. The van der Waals surface area contributed by atoms with Gasteiger partial charge in [0.15, 0.2) is 11.0 Å². The summed E-state index contributed by atoms with van der Waals surface area (Å²) in [4.78, 5) is 23.1. The molecule has 3 amide bonds. The van der Waals surface area contributed by atoms with Crippen molar-refractivity contribution >= 4 is 23.7 Å². The molecule has 2 aromatic rings. The van der Waals surface area contributed by atoms with E-state index >= 15 is 0 Å². The molecule has 0 aliphatic carbocycles. The number of hydrogen-bond donors (Lipinski definition) is 2. The van der Waals surface area contributed by atoms with E-state index in [0.29, 0.717) is 16.7 Å². The minimum Gasteiger partial charge on any atom is -0.496 e. The molecule has 0 unspecified atom stereocenters. The maximum atomic E-state index is 12.2. The van der Waals surface area contributed by atoms with Crippen LogP contribution in [0.15, 0.2) is 29.4 Å². The minimum atomic E-state index is -0.871. The SMILES string of the molecule is COc1ccccc1-c1nnc(S[C@H](C(=O)NC(N)=O)C(C)C)n1C. The fourth-order valence-electron chi connectivity index (χ4n) is 2.28. The number of para-hydroxylation sites is 1. The number of nitrogens with zero attached hydrogens (tertiary/aromatic N) is 3. The number of nitrogens with one attached hydrogen (secondary N) is 1. The summed E-state index contributed by atoms with van der Waals surface area (Å²) in [6.07, 6.45) is 0. The highest BCUT2D eigenvalue weighted by Gasteiger charge is 2.27. The van der Waals surface area contributed by atoms with Crippen molar-refractivity contribution in [3.05, 3.63) is 24.3 Å². The summed E-state index contributed by atoms with van der Waals surface area (Å²) < 4.78 is 7.15. The Labute approximate surface area is 150 Å². The highest BCUT2D eigenvalue weighted by molar-refractivity contribution is 8.00. The summed E-state index contributed by atoms with van der Waals surface area (Å²) in [5.41, 5.74) is 5.84. The van der Waals surface area contributed by atoms with Crippen molar-refractivity contribution < 1.29 is 14.3 Å². The number of nitrogens with two attached hydrogens (primary N) is 1. The molecule has 25 heavy (non-hydrogen) atoms. The van der Waals surface area contributed by atoms with Gasteiger partial charge in [-0.2, -0.15) is 0 Å². The summed E-state index contributed by atoms with van der Waals surface area (Å²) >= 11 is 1.23. The number of urea groups is 1. The lowest BCUT2D eigenvalue weighted by Gasteiger charge is -2.18. The topological polar surface area (TPSA) is 112 Å². The molecule has 8 nitrogen and oxygen atoms in total. The molecule has 1 atom stereocenters. The first-order chi connectivity index (χ1) is 11.8. The van der Waals surface area contributed by atoms with Crippen LogP contribution in [-0.2, 0) is 11.8 Å². The van der Waals surface area contributed by atoms with Crippen molar-refractivity contribution in [1.29, 1.82) is 0 Å². The molecule has 0 aliphatic rings. The van der Waals surface area contributed by atoms with Crippen molar-refractivity contribution in [3.63, 3.8) is 0 Å². The molecule has 1 heterocycles. The number of aromatic nitrogens is 3. The number of carbonyl (C=O) groups is 2. The Bertz CT molecular complexity index is 775. The second kappa shape index (κ2) is 8.02. The zero-order chi connectivity index (χ0) is 18.6. The molecule has 0 aliphatic heterocycles. The highest BCUT2D eigenvalue weighted by Crippen LogP contribution is 2.32. The Kier molecular flexibility index (Phi) is 6.02. The smallest absolute Gasteiger partial charge is 0.318 e. The average Bonchev–Trinajstić information content (AvgIpc) is 2.92. The van der Waals surface area contributed by atoms with Gasteiger partial charge in [0.25, 0.3) is 0 Å². The van der Waals surface area contributed by atoms with Crippen LogP contribution < -0.4 is 15.8 Å². The Balaban J connectivity index is 2.31. The second-order valence-corrected chi connectivity index (χ2v) is 6.81. The number of methoxy groups -OCH3 is 1. The van der Waals surface area contributed by atoms with Gasteiger partial charge in [-0.3, -0.25) is 10.1 Å². The van der Waals surface area contributed by atoms with Crippen LogP contribution in [0.2, 0.25) is 0 Å². The lowest BCUT2D eigenvalue weighted by Crippen LogP contribution is -2.42. The number of rotatable bonds is 6. The third-order valence-electron chi connectivity index (χ3n) is 3.53. The van der Waals surface area contributed by atoms with Crippen LogP contribution in [0.5, 0.6) is 5.75 Å². The number of thioether (sulfide) groups is 1. The highest BCUT2D eigenvalue weighted by atomic mass is 32.2. The molecule has 3 N–H and O–H groups in total. The minimum absolute atomic E-state index is 0.0317. The van der Waals surface area contributed by atoms with Crippen LogP contribution >= 0.6 is 11.8 Å². The standard InChI is InChI=1S/C16H21N5O3S/c1-9(2)12(14(22)18-15(17)23)25-16-20-19-13(21(16)3)10-7-5-6-8-11(10)24-4/h5-9,12H,1-4H3,(H3,17,18,22,23)/t12-/m0/s1. The van der Waals surface area contributed by atoms with E-state index < -0.39 is 17.2 Å². The summed E-state index contributed by atoms with van der Waals surface area (Å²) in [5, 5.41) is 10.5. The first-order valence-electron chi connectivity index (χ1n) is 7.64. The van der Waals surface area contributed by atoms with Crippen LogP contribution in [-0.4, -0.2) is 39.1 Å². The van der Waals surface area contributed by atoms with Gasteiger partial charge in [-0.25, -0.2) is 4.79 Å². The molecular weight excluding hydrogens is 342 g/mol. The Hall–Kier alpha value is -2.55. The molecule has 0 saturated heterocycles. The van der Waals surface area contributed by atoms with E-state index in [0.717, 1.165) is 5.56 Å². The molecule has 9 heteroatoms. The third kappa shape index (κ3) is 4.30. The van der Waals surface area contributed by atoms with Crippen molar-refractivity contribution in [3.8, 4) is 17.1 Å². The number of amides is 3. The van der Waals surface area contributed by atoms with Crippen LogP contribution in [0.4, 0.5) is 4.79 Å². The van der Waals surface area contributed by atoms with Gasteiger partial charge in [0, 0.05) is 7.05 Å². The van der Waals surface area contributed by atoms with Gasteiger partial charge in [-0.1, -0.05) is 37.7 Å². The first-order valence-corrected chi connectivity index (χ1v) is 8.52. The lowest BCUT2D eigenvalue weighted by atomic mass is 10.1. The molecule has 134 valence electrons. The van der Waals surface area contributed by atoms with E-state index in [-0.39, 0.29) is 5.92 Å². The fraction of sp³-hybridized carbons (Fsp3) is 0.375. The maximum absolute atomic E-state index is 12.2. The van der Waals surface area contributed by atoms with Crippen molar-refractivity contribution in [2.45, 2.75) is 24.3 Å². The molecule has 1 aromatic heterocycles. The van der Waals surface area contributed by atoms with Gasteiger partial charge in [-0.05, 0) is 18.1 Å². The Morgan fingerprint density at radius 3 is 2.56 bits per heavy atom. The zero-order valence-electron chi connectivity index (χ0n) is 14.5. The number of ether oxygens (including phenoxy) is 1. The molecular formula is C16H21N5O3S. The number of primary amides is 1. The number of benzene rings is 1. The molecule has 0 spiro atoms. The van der Waals surface area contributed by atoms with Crippen LogP contribution in [0.25, 0.3) is 11.4 Å². The van der Waals surface area contributed by atoms with E-state index in [9.17, 15) is 9.59 Å². The van der Waals surface area contributed by atoms with Crippen molar-refractivity contribution in [2.24, 2.45) is 18.7 Å².